The quantitative estimate of drug-likeness (QED) is 0.827. The van der Waals surface area contributed by atoms with Crippen molar-refractivity contribution in [2.75, 3.05) is 19.6 Å². The lowest BCUT2D eigenvalue weighted by Gasteiger charge is -2.54. The van der Waals surface area contributed by atoms with E-state index in [1.165, 1.54) is 51.6 Å². The number of nitrogens with zero attached hydrogens (tertiary/aromatic N) is 1. The summed E-state index contributed by atoms with van der Waals surface area (Å²) in [5, 5.41) is 0. The van der Waals surface area contributed by atoms with E-state index in [4.69, 9.17) is 5.73 Å². The molecule has 0 aromatic heterocycles. The molecular formula is C18H36N2. The number of rotatable bonds is 2. The Bertz CT molecular complexity index is 334. The topological polar surface area (TPSA) is 29.3 Å². The van der Waals surface area contributed by atoms with Crippen molar-refractivity contribution in [3.63, 3.8) is 0 Å². The van der Waals surface area contributed by atoms with Gasteiger partial charge in [0.15, 0.2) is 0 Å². The van der Waals surface area contributed by atoms with Gasteiger partial charge in [-0.3, -0.25) is 4.90 Å². The summed E-state index contributed by atoms with van der Waals surface area (Å²) < 4.78 is 0. The van der Waals surface area contributed by atoms with Gasteiger partial charge in [-0.15, -0.1) is 0 Å². The van der Waals surface area contributed by atoms with Crippen LogP contribution in [0, 0.1) is 16.7 Å². The van der Waals surface area contributed by atoms with E-state index in [1.807, 2.05) is 0 Å². The van der Waals surface area contributed by atoms with Gasteiger partial charge in [-0.1, -0.05) is 34.6 Å². The minimum absolute atomic E-state index is 0.274. The third-order valence-corrected chi connectivity index (χ3v) is 6.33. The van der Waals surface area contributed by atoms with E-state index >= 15 is 0 Å². The first-order chi connectivity index (χ1) is 9.21. The number of nitrogens with two attached hydrogens (primary N) is 1. The summed E-state index contributed by atoms with van der Waals surface area (Å²) in [4.78, 5) is 2.78. The van der Waals surface area contributed by atoms with Crippen LogP contribution in [0.4, 0.5) is 0 Å². The van der Waals surface area contributed by atoms with E-state index in [9.17, 15) is 0 Å². The molecule has 0 bridgehead atoms. The van der Waals surface area contributed by atoms with Gasteiger partial charge in [0, 0.05) is 12.1 Å². The Morgan fingerprint density at radius 1 is 0.950 bits per heavy atom. The molecule has 1 saturated carbocycles. The lowest BCUT2D eigenvalue weighted by Crippen LogP contribution is -2.61. The molecule has 2 rings (SSSR count). The number of hydrogen-bond donors (Lipinski definition) is 1. The highest BCUT2D eigenvalue weighted by atomic mass is 15.2. The zero-order valence-electron chi connectivity index (χ0n) is 14.5. The van der Waals surface area contributed by atoms with Crippen LogP contribution in [-0.4, -0.2) is 30.1 Å². The molecule has 1 aliphatic carbocycles. The summed E-state index contributed by atoms with van der Waals surface area (Å²) in [5.74, 6) is 0.720. The fourth-order valence-electron chi connectivity index (χ4n) is 4.69. The molecule has 0 spiro atoms. The molecule has 1 heterocycles. The van der Waals surface area contributed by atoms with Crippen LogP contribution in [0.3, 0.4) is 0 Å². The first-order valence-electron chi connectivity index (χ1n) is 8.66. The zero-order valence-corrected chi connectivity index (χ0v) is 14.5. The van der Waals surface area contributed by atoms with Crippen molar-refractivity contribution in [3.05, 3.63) is 0 Å². The van der Waals surface area contributed by atoms with Gasteiger partial charge in [0.2, 0.25) is 0 Å². The average molecular weight is 280 g/mol. The fourth-order valence-corrected chi connectivity index (χ4v) is 4.69. The highest BCUT2D eigenvalue weighted by Gasteiger charge is 2.47. The zero-order chi connectivity index (χ0) is 15.0. The smallest absolute Gasteiger partial charge is 0.0357 e. The largest absolute Gasteiger partial charge is 0.329 e. The van der Waals surface area contributed by atoms with Crippen LogP contribution in [0.2, 0.25) is 0 Å². The third-order valence-electron chi connectivity index (χ3n) is 6.33. The summed E-state index contributed by atoms with van der Waals surface area (Å²) in [6.45, 7) is 15.5. The minimum atomic E-state index is 0.274. The second-order valence-corrected chi connectivity index (χ2v) is 9.08. The first-order valence-corrected chi connectivity index (χ1v) is 8.66. The van der Waals surface area contributed by atoms with Crippen LogP contribution in [0.1, 0.15) is 73.1 Å². The minimum Gasteiger partial charge on any atom is -0.329 e. The van der Waals surface area contributed by atoms with Crippen LogP contribution in [0.15, 0.2) is 0 Å². The number of likely N-dealkylation sites (tertiary alicyclic amines) is 1. The summed E-state index contributed by atoms with van der Waals surface area (Å²) in [7, 11) is 0. The van der Waals surface area contributed by atoms with Gasteiger partial charge >= 0.3 is 0 Å². The van der Waals surface area contributed by atoms with Gasteiger partial charge in [0.25, 0.3) is 0 Å². The molecular weight excluding hydrogens is 244 g/mol. The summed E-state index contributed by atoms with van der Waals surface area (Å²) in [6, 6.07) is 0. The Labute approximate surface area is 126 Å². The summed E-state index contributed by atoms with van der Waals surface area (Å²) >= 11 is 0. The molecule has 2 atom stereocenters. The van der Waals surface area contributed by atoms with Crippen molar-refractivity contribution in [1.82, 2.24) is 4.90 Å². The molecule has 2 unspecified atom stereocenters. The molecule has 1 saturated heterocycles. The summed E-state index contributed by atoms with van der Waals surface area (Å²) in [6.07, 6.45) is 7.97. The van der Waals surface area contributed by atoms with Crippen LogP contribution in [0.25, 0.3) is 0 Å². The molecule has 20 heavy (non-hydrogen) atoms. The molecule has 0 aromatic carbocycles. The maximum absolute atomic E-state index is 6.33. The Balaban J connectivity index is 2.15. The van der Waals surface area contributed by atoms with E-state index in [1.54, 1.807) is 0 Å². The standard InChI is InChI=1S/C18H36N2/c1-15-13-17(4,5)8-9-18(15,14-19)20-11-6-7-16(2,3)10-12-20/h15H,6-14,19H2,1-5H3. The maximum Gasteiger partial charge on any atom is 0.0357 e. The van der Waals surface area contributed by atoms with Gasteiger partial charge in [0.1, 0.15) is 0 Å². The van der Waals surface area contributed by atoms with Gasteiger partial charge in [-0.25, -0.2) is 0 Å². The van der Waals surface area contributed by atoms with Crippen molar-refractivity contribution in [3.8, 4) is 0 Å². The van der Waals surface area contributed by atoms with Crippen molar-refractivity contribution in [2.45, 2.75) is 78.7 Å². The molecule has 2 aliphatic rings. The van der Waals surface area contributed by atoms with Crippen molar-refractivity contribution >= 4 is 0 Å². The van der Waals surface area contributed by atoms with E-state index in [-0.39, 0.29) is 5.54 Å². The monoisotopic (exact) mass is 280 g/mol. The molecule has 0 radical (unpaired) electrons. The molecule has 2 heteroatoms. The molecule has 2 nitrogen and oxygen atoms in total. The van der Waals surface area contributed by atoms with Crippen molar-refractivity contribution < 1.29 is 0 Å². The van der Waals surface area contributed by atoms with Crippen LogP contribution in [0.5, 0.6) is 0 Å². The van der Waals surface area contributed by atoms with E-state index in [0.29, 0.717) is 10.8 Å². The fraction of sp³-hybridized carbons (Fsp3) is 1.00. The molecule has 0 amide bonds. The summed E-state index contributed by atoms with van der Waals surface area (Å²) in [5.41, 5.74) is 7.62. The molecule has 1 aliphatic heterocycles. The Kier molecular flexibility index (Phi) is 4.57. The van der Waals surface area contributed by atoms with Gasteiger partial charge in [-0.2, -0.15) is 0 Å². The van der Waals surface area contributed by atoms with Gasteiger partial charge < -0.3 is 5.73 Å². The Morgan fingerprint density at radius 3 is 2.25 bits per heavy atom. The number of hydrogen-bond acceptors (Lipinski definition) is 2. The maximum atomic E-state index is 6.33. The normalized spacial score (nSPS) is 38.4. The van der Waals surface area contributed by atoms with E-state index < -0.39 is 0 Å². The highest BCUT2D eigenvalue weighted by Crippen LogP contribution is 2.47. The first kappa shape index (κ1) is 16.3. The van der Waals surface area contributed by atoms with Crippen molar-refractivity contribution in [2.24, 2.45) is 22.5 Å². The highest BCUT2D eigenvalue weighted by molar-refractivity contribution is 5.02. The van der Waals surface area contributed by atoms with Gasteiger partial charge in [-0.05, 0) is 68.4 Å². The lowest BCUT2D eigenvalue weighted by atomic mass is 9.63. The van der Waals surface area contributed by atoms with Crippen LogP contribution < -0.4 is 5.73 Å². The predicted molar refractivity (Wildman–Crippen MR) is 87.8 cm³/mol. The second-order valence-electron chi connectivity index (χ2n) is 9.08. The SMILES string of the molecule is CC1CC(C)(C)CCC1(CN)N1CCCC(C)(C)CC1. The van der Waals surface area contributed by atoms with E-state index in [0.717, 1.165) is 12.5 Å². The van der Waals surface area contributed by atoms with Crippen molar-refractivity contribution in [1.29, 1.82) is 0 Å². The third kappa shape index (κ3) is 3.22. The predicted octanol–water partition coefficient (Wildman–Crippen LogP) is 4.04. The molecule has 2 fully saturated rings. The Hall–Kier alpha value is -0.0800. The van der Waals surface area contributed by atoms with Crippen LogP contribution in [-0.2, 0) is 0 Å². The lowest BCUT2D eigenvalue weighted by molar-refractivity contribution is -0.0217. The average Bonchev–Trinajstić information content (AvgIpc) is 2.51. The molecule has 2 N–H and O–H groups in total. The molecule has 0 aromatic rings. The van der Waals surface area contributed by atoms with E-state index in [2.05, 4.69) is 39.5 Å². The van der Waals surface area contributed by atoms with Gasteiger partial charge in [0.05, 0.1) is 0 Å². The Morgan fingerprint density at radius 2 is 1.65 bits per heavy atom. The molecule has 118 valence electrons. The van der Waals surface area contributed by atoms with Crippen LogP contribution >= 0.6 is 0 Å². The second kappa shape index (κ2) is 5.61.